The van der Waals surface area contributed by atoms with E-state index in [1.165, 1.54) is 0 Å². The fraction of sp³-hybridized carbons (Fsp3) is 0.929. The summed E-state index contributed by atoms with van der Waals surface area (Å²) < 4.78 is 5.15. The van der Waals surface area contributed by atoms with E-state index in [1.54, 1.807) is 0 Å². The van der Waals surface area contributed by atoms with Crippen LogP contribution in [0.2, 0.25) is 0 Å². The molecule has 0 fully saturated rings. The Balaban J connectivity index is 3.78. The molecule has 0 rings (SSSR count). The molecule has 5 nitrogen and oxygen atoms in total. The Kier molecular flexibility index (Phi) is 8.76. The van der Waals surface area contributed by atoms with Crippen LogP contribution in [0.3, 0.4) is 0 Å². The van der Waals surface area contributed by atoms with Crippen LogP contribution >= 0.6 is 0 Å². The summed E-state index contributed by atoms with van der Waals surface area (Å²) in [4.78, 5) is 13.6. The van der Waals surface area contributed by atoms with Crippen LogP contribution in [-0.4, -0.2) is 54.5 Å². The molecule has 0 bridgehead atoms. The molecule has 0 spiro atoms. The molecule has 0 aliphatic heterocycles. The smallest absolute Gasteiger partial charge is 0.407 e. The van der Waals surface area contributed by atoms with Gasteiger partial charge in [-0.1, -0.05) is 13.8 Å². The normalized spacial score (nSPS) is 12.0. The van der Waals surface area contributed by atoms with Crippen LogP contribution in [0.1, 0.15) is 41.0 Å². The van der Waals surface area contributed by atoms with Crippen molar-refractivity contribution in [3.05, 3.63) is 0 Å². The summed E-state index contributed by atoms with van der Waals surface area (Å²) in [5, 5.41) is 11.7. The number of hydrogen-bond donors (Lipinski definition) is 2. The van der Waals surface area contributed by atoms with Crippen LogP contribution in [-0.2, 0) is 4.74 Å². The summed E-state index contributed by atoms with van der Waals surface area (Å²) >= 11 is 0. The lowest BCUT2D eigenvalue weighted by Gasteiger charge is -2.23. The van der Waals surface area contributed by atoms with Crippen LogP contribution in [0.4, 0.5) is 4.79 Å². The molecule has 0 aromatic rings. The molecule has 0 aliphatic rings. The highest BCUT2D eigenvalue weighted by Gasteiger charge is 2.15. The SMILES string of the molecule is CC(C)CN(CCO)CCCNC(=O)OC(C)(C)C. The molecule has 0 saturated heterocycles. The summed E-state index contributed by atoms with van der Waals surface area (Å²) in [6.07, 6.45) is 0.483. The van der Waals surface area contributed by atoms with E-state index >= 15 is 0 Å². The summed E-state index contributed by atoms with van der Waals surface area (Å²) in [6, 6.07) is 0. The number of alkyl carbamates (subject to hydrolysis) is 1. The van der Waals surface area contributed by atoms with Crippen molar-refractivity contribution in [2.24, 2.45) is 5.92 Å². The monoisotopic (exact) mass is 274 g/mol. The lowest BCUT2D eigenvalue weighted by molar-refractivity contribution is 0.0524. The summed E-state index contributed by atoms with van der Waals surface area (Å²) in [7, 11) is 0. The maximum absolute atomic E-state index is 11.4. The minimum atomic E-state index is -0.454. The van der Waals surface area contributed by atoms with Gasteiger partial charge in [0.2, 0.25) is 0 Å². The number of nitrogens with zero attached hydrogens (tertiary/aromatic N) is 1. The summed E-state index contributed by atoms with van der Waals surface area (Å²) in [6.45, 7) is 13.1. The van der Waals surface area contributed by atoms with Gasteiger partial charge in [0.25, 0.3) is 0 Å². The van der Waals surface area contributed by atoms with Crippen molar-refractivity contribution >= 4 is 6.09 Å². The summed E-state index contributed by atoms with van der Waals surface area (Å²) in [5.74, 6) is 0.574. The van der Waals surface area contributed by atoms with Gasteiger partial charge in [0.15, 0.2) is 0 Å². The molecule has 19 heavy (non-hydrogen) atoms. The number of hydrogen-bond acceptors (Lipinski definition) is 4. The highest BCUT2D eigenvalue weighted by Crippen LogP contribution is 2.06. The second kappa shape index (κ2) is 9.15. The van der Waals surface area contributed by atoms with Crippen LogP contribution in [0, 0.1) is 5.92 Å². The van der Waals surface area contributed by atoms with E-state index < -0.39 is 5.60 Å². The average Bonchev–Trinajstić information content (AvgIpc) is 2.21. The number of nitrogens with one attached hydrogen (secondary N) is 1. The van der Waals surface area contributed by atoms with Gasteiger partial charge in [-0.25, -0.2) is 4.79 Å². The number of carbonyl (C=O) groups excluding carboxylic acids is 1. The topological polar surface area (TPSA) is 61.8 Å². The first kappa shape index (κ1) is 18.2. The highest BCUT2D eigenvalue weighted by molar-refractivity contribution is 5.67. The van der Waals surface area contributed by atoms with E-state index in [1.807, 2.05) is 20.8 Å². The summed E-state index contributed by atoms with van der Waals surface area (Å²) in [5.41, 5.74) is -0.454. The number of amides is 1. The quantitative estimate of drug-likeness (QED) is 0.663. The molecule has 0 heterocycles. The molecule has 0 saturated carbocycles. The first-order valence-electron chi connectivity index (χ1n) is 7.04. The highest BCUT2D eigenvalue weighted by atomic mass is 16.6. The minimum Gasteiger partial charge on any atom is -0.444 e. The largest absolute Gasteiger partial charge is 0.444 e. The minimum absolute atomic E-state index is 0.173. The molecular weight excluding hydrogens is 244 g/mol. The lowest BCUT2D eigenvalue weighted by Crippen LogP contribution is -2.36. The van der Waals surface area contributed by atoms with Crippen LogP contribution in [0.25, 0.3) is 0 Å². The second-order valence-corrected chi connectivity index (χ2v) is 6.20. The van der Waals surface area contributed by atoms with Gasteiger partial charge >= 0.3 is 6.09 Å². The van der Waals surface area contributed by atoms with Crippen molar-refractivity contribution in [1.82, 2.24) is 10.2 Å². The Bertz CT molecular complexity index is 250. The van der Waals surface area contributed by atoms with Crippen LogP contribution in [0.15, 0.2) is 0 Å². The average molecular weight is 274 g/mol. The number of aliphatic hydroxyl groups excluding tert-OH is 1. The molecule has 1 amide bonds. The molecule has 5 heteroatoms. The van der Waals surface area contributed by atoms with Gasteiger partial charge < -0.3 is 20.1 Å². The maximum Gasteiger partial charge on any atom is 0.407 e. The van der Waals surface area contributed by atoms with Crippen molar-refractivity contribution < 1.29 is 14.6 Å². The Hall–Kier alpha value is -0.810. The zero-order valence-corrected chi connectivity index (χ0v) is 13.0. The maximum atomic E-state index is 11.4. The molecule has 0 radical (unpaired) electrons. The molecule has 0 atom stereocenters. The predicted molar refractivity (Wildman–Crippen MR) is 77.2 cm³/mol. The van der Waals surface area contributed by atoms with Gasteiger partial charge in [0, 0.05) is 19.6 Å². The molecule has 0 unspecified atom stereocenters. The van der Waals surface area contributed by atoms with Crippen LogP contribution in [0.5, 0.6) is 0 Å². The van der Waals surface area contributed by atoms with Crippen molar-refractivity contribution in [3.8, 4) is 0 Å². The molecule has 0 aliphatic carbocycles. The Morgan fingerprint density at radius 3 is 2.42 bits per heavy atom. The van der Waals surface area contributed by atoms with E-state index in [0.717, 1.165) is 19.5 Å². The van der Waals surface area contributed by atoms with Crippen molar-refractivity contribution in [2.75, 3.05) is 32.8 Å². The third-order valence-electron chi connectivity index (χ3n) is 2.36. The van der Waals surface area contributed by atoms with Crippen molar-refractivity contribution in [3.63, 3.8) is 0 Å². The van der Waals surface area contributed by atoms with Gasteiger partial charge in [-0.05, 0) is 39.7 Å². The van der Waals surface area contributed by atoms with Gasteiger partial charge in [-0.15, -0.1) is 0 Å². The fourth-order valence-electron chi connectivity index (χ4n) is 1.76. The Labute approximate surface area is 117 Å². The van der Waals surface area contributed by atoms with Gasteiger partial charge in [-0.2, -0.15) is 0 Å². The molecule has 114 valence electrons. The Morgan fingerprint density at radius 2 is 1.95 bits per heavy atom. The van der Waals surface area contributed by atoms with Gasteiger partial charge in [0.1, 0.15) is 5.60 Å². The first-order valence-corrected chi connectivity index (χ1v) is 7.04. The van der Waals surface area contributed by atoms with E-state index in [4.69, 9.17) is 9.84 Å². The molecule has 0 aromatic heterocycles. The third kappa shape index (κ3) is 12.0. The Morgan fingerprint density at radius 1 is 1.32 bits per heavy atom. The van der Waals surface area contributed by atoms with Crippen molar-refractivity contribution in [2.45, 2.75) is 46.6 Å². The predicted octanol–water partition coefficient (Wildman–Crippen LogP) is 1.85. The van der Waals surface area contributed by atoms with E-state index in [0.29, 0.717) is 19.0 Å². The fourth-order valence-corrected chi connectivity index (χ4v) is 1.76. The molecular formula is C14H30N2O3. The van der Waals surface area contributed by atoms with Gasteiger partial charge in [-0.3, -0.25) is 0 Å². The second-order valence-electron chi connectivity index (χ2n) is 6.20. The van der Waals surface area contributed by atoms with Crippen LogP contribution < -0.4 is 5.32 Å². The van der Waals surface area contributed by atoms with E-state index in [-0.39, 0.29) is 12.7 Å². The standard InChI is InChI=1S/C14H30N2O3/c1-12(2)11-16(9-10-17)8-6-7-15-13(18)19-14(3,4)5/h12,17H,6-11H2,1-5H3,(H,15,18). The molecule has 2 N–H and O–H groups in total. The van der Waals surface area contributed by atoms with Crippen molar-refractivity contribution in [1.29, 1.82) is 0 Å². The zero-order valence-electron chi connectivity index (χ0n) is 13.0. The number of ether oxygens (including phenoxy) is 1. The molecule has 0 aromatic carbocycles. The number of aliphatic hydroxyl groups is 1. The zero-order chi connectivity index (χ0) is 14.9. The van der Waals surface area contributed by atoms with Gasteiger partial charge in [0.05, 0.1) is 6.61 Å². The van der Waals surface area contributed by atoms with E-state index in [9.17, 15) is 4.79 Å². The lowest BCUT2D eigenvalue weighted by atomic mass is 10.2. The number of carbonyl (C=O) groups is 1. The third-order valence-corrected chi connectivity index (χ3v) is 2.36. The first-order chi connectivity index (χ1) is 8.74. The van der Waals surface area contributed by atoms with E-state index in [2.05, 4.69) is 24.1 Å². The number of rotatable bonds is 8.